The lowest BCUT2D eigenvalue weighted by Gasteiger charge is -2.25. The minimum atomic E-state index is -1.08. The minimum Gasteiger partial charge on any atom is -0.497 e. The first-order chi connectivity index (χ1) is 10.9. The number of furan rings is 1. The third kappa shape index (κ3) is 4.06. The van der Waals surface area contributed by atoms with Gasteiger partial charge in [0.15, 0.2) is 0 Å². The molecule has 5 nitrogen and oxygen atoms in total. The topological polar surface area (TPSA) is 63.9 Å². The average molecular weight is 319 g/mol. The van der Waals surface area contributed by atoms with Crippen molar-refractivity contribution in [1.82, 2.24) is 5.32 Å². The summed E-state index contributed by atoms with van der Waals surface area (Å²) in [4.78, 5) is 0. The van der Waals surface area contributed by atoms with Crippen molar-refractivity contribution in [2.45, 2.75) is 32.4 Å². The van der Waals surface area contributed by atoms with Gasteiger partial charge in [0.25, 0.3) is 0 Å². The van der Waals surface area contributed by atoms with E-state index in [-0.39, 0.29) is 6.04 Å². The molecule has 0 aliphatic heterocycles. The molecule has 1 aromatic heterocycles. The van der Waals surface area contributed by atoms with Crippen molar-refractivity contribution in [3.63, 3.8) is 0 Å². The lowest BCUT2D eigenvalue weighted by atomic mass is 10.0. The van der Waals surface area contributed by atoms with Gasteiger partial charge in [-0.2, -0.15) is 0 Å². The fraction of sp³-hybridized carbons (Fsp3) is 0.444. The number of rotatable bonds is 7. The molecule has 2 aromatic rings. The molecule has 126 valence electrons. The Morgan fingerprint density at radius 1 is 1.22 bits per heavy atom. The summed E-state index contributed by atoms with van der Waals surface area (Å²) < 4.78 is 16.2. The Bertz CT molecular complexity index is 648. The SMILES string of the molecule is COc1ccc(C(C)NCC(C)(O)c2ccc(C)o2)c(OC)c1. The van der Waals surface area contributed by atoms with Gasteiger partial charge in [0.05, 0.1) is 14.2 Å². The van der Waals surface area contributed by atoms with Gasteiger partial charge in [-0.25, -0.2) is 0 Å². The van der Waals surface area contributed by atoms with Crippen LogP contribution in [0.5, 0.6) is 11.5 Å². The largest absolute Gasteiger partial charge is 0.497 e. The molecule has 0 aliphatic rings. The summed E-state index contributed by atoms with van der Waals surface area (Å²) in [5, 5.41) is 13.9. The maximum Gasteiger partial charge on any atom is 0.136 e. The molecular formula is C18H25NO4. The van der Waals surface area contributed by atoms with E-state index in [0.717, 1.165) is 22.8 Å². The van der Waals surface area contributed by atoms with Gasteiger partial charge in [-0.1, -0.05) is 6.07 Å². The quantitative estimate of drug-likeness (QED) is 0.821. The van der Waals surface area contributed by atoms with Gasteiger partial charge in [-0.05, 0) is 39.0 Å². The number of methoxy groups -OCH3 is 2. The van der Waals surface area contributed by atoms with E-state index in [4.69, 9.17) is 13.9 Å². The summed E-state index contributed by atoms with van der Waals surface area (Å²) in [7, 11) is 3.26. The maximum atomic E-state index is 10.6. The van der Waals surface area contributed by atoms with Crippen molar-refractivity contribution in [2.24, 2.45) is 0 Å². The second kappa shape index (κ2) is 7.06. The van der Waals surface area contributed by atoms with Gasteiger partial charge in [0.1, 0.15) is 28.6 Å². The molecule has 0 bridgehead atoms. The Kier molecular flexibility index (Phi) is 5.34. The number of hydrogen-bond donors (Lipinski definition) is 2. The van der Waals surface area contributed by atoms with E-state index in [1.54, 1.807) is 27.2 Å². The second-order valence-corrected chi connectivity index (χ2v) is 5.89. The van der Waals surface area contributed by atoms with Crippen molar-refractivity contribution in [1.29, 1.82) is 0 Å². The monoisotopic (exact) mass is 319 g/mol. The molecular weight excluding hydrogens is 294 g/mol. The molecule has 5 heteroatoms. The van der Waals surface area contributed by atoms with Gasteiger partial charge < -0.3 is 24.3 Å². The van der Waals surface area contributed by atoms with E-state index < -0.39 is 5.60 Å². The predicted molar refractivity (Wildman–Crippen MR) is 89.0 cm³/mol. The smallest absolute Gasteiger partial charge is 0.136 e. The number of nitrogens with one attached hydrogen (secondary N) is 1. The molecule has 0 fully saturated rings. The predicted octanol–water partition coefficient (Wildman–Crippen LogP) is 3.16. The van der Waals surface area contributed by atoms with Gasteiger partial charge >= 0.3 is 0 Å². The zero-order valence-corrected chi connectivity index (χ0v) is 14.3. The lowest BCUT2D eigenvalue weighted by Crippen LogP contribution is -2.36. The molecule has 0 saturated carbocycles. The van der Waals surface area contributed by atoms with E-state index in [1.807, 2.05) is 38.1 Å². The van der Waals surface area contributed by atoms with Crippen molar-refractivity contribution >= 4 is 0 Å². The Morgan fingerprint density at radius 3 is 2.52 bits per heavy atom. The molecule has 0 saturated heterocycles. The van der Waals surface area contributed by atoms with Crippen molar-refractivity contribution in [3.05, 3.63) is 47.4 Å². The highest BCUT2D eigenvalue weighted by molar-refractivity contribution is 5.42. The average Bonchev–Trinajstić information content (AvgIpc) is 2.99. The molecule has 1 aromatic carbocycles. The molecule has 0 amide bonds. The molecule has 2 atom stereocenters. The number of aliphatic hydroxyl groups is 1. The fourth-order valence-corrected chi connectivity index (χ4v) is 2.45. The van der Waals surface area contributed by atoms with E-state index in [9.17, 15) is 5.11 Å². The minimum absolute atomic E-state index is 0.00149. The molecule has 2 unspecified atom stereocenters. The molecule has 23 heavy (non-hydrogen) atoms. The Balaban J connectivity index is 2.08. The third-order valence-electron chi connectivity index (χ3n) is 3.93. The molecule has 0 aliphatic carbocycles. The Labute approximate surface area is 137 Å². The lowest BCUT2D eigenvalue weighted by molar-refractivity contribution is 0.0312. The van der Waals surface area contributed by atoms with E-state index in [0.29, 0.717) is 12.3 Å². The van der Waals surface area contributed by atoms with Crippen LogP contribution in [0.15, 0.2) is 34.7 Å². The number of ether oxygens (including phenoxy) is 2. The Hall–Kier alpha value is -1.98. The molecule has 0 radical (unpaired) electrons. The van der Waals surface area contributed by atoms with Crippen molar-refractivity contribution < 1.29 is 19.0 Å². The van der Waals surface area contributed by atoms with Crippen molar-refractivity contribution in [3.8, 4) is 11.5 Å². The van der Waals surface area contributed by atoms with Crippen LogP contribution >= 0.6 is 0 Å². The first-order valence-corrected chi connectivity index (χ1v) is 7.62. The van der Waals surface area contributed by atoms with Crippen LogP contribution in [0.2, 0.25) is 0 Å². The summed E-state index contributed by atoms with van der Waals surface area (Å²) in [6.07, 6.45) is 0. The van der Waals surface area contributed by atoms with Gasteiger partial charge in [0, 0.05) is 24.2 Å². The normalized spacial score (nSPS) is 15.0. The summed E-state index contributed by atoms with van der Waals surface area (Å²) in [6, 6.07) is 9.35. The second-order valence-electron chi connectivity index (χ2n) is 5.89. The highest BCUT2D eigenvalue weighted by Gasteiger charge is 2.27. The van der Waals surface area contributed by atoms with Gasteiger partial charge in [0.2, 0.25) is 0 Å². The first kappa shape index (κ1) is 17.4. The van der Waals surface area contributed by atoms with Crippen LogP contribution in [-0.2, 0) is 5.60 Å². The fourth-order valence-electron chi connectivity index (χ4n) is 2.45. The van der Waals surface area contributed by atoms with Crippen LogP contribution in [0, 0.1) is 6.92 Å². The summed E-state index contributed by atoms with van der Waals surface area (Å²) in [5.41, 5.74) is -0.0814. The van der Waals surface area contributed by atoms with Gasteiger partial charge in [-0.3, -0.25) is 0 Å². The first-order valence-electron chi connectivity index (χ1n) is 7.62. The third-order valence-corrected chi connectivity index (χ3v) is 3.93. The number of hydrogen-bond acceptors (Lipinski definition) is 5. The van der Waals surface area contributed by atoms with Crippen LogP contribution in [0.4, 0.5) is 0 Å². The van der Waals surface area contributed by atoms with Crippen molar-refractivity contribution in [2.75, 3.05) is 20.8 Å². The highest BCUT2D eigenvalue weighted by Crippen LogP contribution is 2.30. The highest BCUT2D eigenvalue weighted by atomic mass is 16.5. The summed E-state index contributed by atoms with van der Waals surface area (Å²) in [6.45, 7) is 5.97. The van der Waals surface area contributed by atoms with Crippen LogP contribution in [-0.4, -0.2) is 25.9 Å². The summed E-state index contributed by atoms with van der Waals surface area (Å²) in [5.74, 6) is 2.83. The van der Waals surface area contributed by atoms with Crippen LogP contribution in [0.3, 0.4) is 0 Å². The van der Waals surface area contributed by atoms with Crippen LogP contribution in [0.1, 0.15) is 37.0 Å². The molecule has 0 spiro atoms. The van der Waals surface area contributed by atoms with E-state index in [2.05, 4.69) is 5.32 Å². The zero-order valence-electron chi connectivity index (χ0n) is 14.3. The van der Waals surface area contributed by atoms with Crippen LogP contribution in [0.25, 0.3) is 0 Å². The molecule has 2 N–H and O–H groups in total. The number of benzene rings is 1. The standard InChI is InChI=1S/C18H25NO4/c1-12-6-9-17(23-12)18(3,20)11-19-13(2)15-8-7-14(21-4)10-16(15)22-5/h6-10,13,19-20H,11H2,1-5H3. The van der Waals surface area contributed by atoms with E-state index in [1.165, 1.54) is 0 Å². The number of aryl methyl sites for hydroxylation is 1. The van der Waals surface area contributed by atoms with Gasteiger partial charge in [-0.15, -0.1) is 0 Å². The summed E-state index contributed by atoms with van der Waals surface area (Å²) >= 11 is 0. The Morgan fingerprint density at radius 2 is 1.96 bits per heavy atom. The van der Waals surface area contributed by atoms with Crippen LogP contribution < -0.4 is 14.8 Å². The molecule has 1 heterocycles. The van der Waals surface area contributed by atoms with E-state index >= 15 is 0 Å². The zero-order chi connectivity index (χ0) is 17.0. The molecule has 2 rings (SSSR count). The maximum absolute atomic E-state index is 10.6.